The molecular weight excluding hydrogens is 478 g/mol. The van der Waals surface area contributed by atoms with Gasteiger partial charge in [-0.25, -0.2) is 26.2 Å². The highest BCUT2D eigenvalue weighted by atomic mass is 79.9. The highest BCUT2D eigenvalue weighted by molar-refractivity contribution is 9.10. The van der Waals surface area contributed by atoms with E-state index in [1.807, 2.05) is 6.92 Å². The molecule has 0 bridgehead atoms. The molecule has 0 aliphatic carbocycles. The molecule has 0 atom stereocenters. The molecule has 4 rings (SSSR count). The molecule has 0 saturated carbocycles. The van der Waals surface area contributed by atoms with Crippen molar-refractivity contribution in [3.8, 4) is 16.9 Å². The van der Waals surface area contributed by atoms with Crippen LogP contribution in [0.25, 0.3) is 22.2 Å². The molecule has 9 heteroatoms. The van der Waals surface area contributed by atoms with Crippen LogP contribution in [0.4, 0.5) is 8.78 Å². The third kappa shape index (κ3) is 3.37. The summed E-state index contributed by atoms with van der Waals surface area (Å²) in [4.78, 5) is 4.31. The maximum Gasteiger partial charge on any atom is 0.269 e. The molecule has 2 heterocycles. The number of ether oxygens (including phenoxy) is 1. The number of fused-ring (bicyclic) bond motifs is 1. The predicted octanol–water partition coefficient (Wildman–Crippen LogP) is 5.30. The zero-order valence-electron chi connectivity index (χ0n) is 15.9. The molecule has 5 nitrogen and oxygen atoms in total. The second kappa shape index (κ2) is 7.48. The summed E-state index contributed by atoms with van der Waals surface area (Å²) in [5.74, 6) is -1.89. The summed E-state index contributed by atoms with van der Waals surface area (Å²) in [6.45, 7) is 1.85. The van der Waals surface area contributed by atoms with Gasteiger partial charge in [0.2, 0.25) is 0 Å². The van der Waals surface area contributed by atoms with Crippen molar-refractivity contribution in [3.05, 3.63) is 76.5 Å². The average molecular weight is 493 g/mol. The second-order valence-electron chi connectivity index (χ2n) is 6.65. The molecule has 0 spiro atoms. The Morgan fingerprint density at radius 2 is 1.77 bits per heavy atom. The number of benzene rings is 2. The number of methoxy groups -OCH3 is 1. The quantitative estimate of drug-likeness (QED) is 0.387. The fourth-order valence-electron chi connectivity index (χ4n) is 3.24. The Hall–Kier alpha value is -2.78. The van der Waals surface area contributed by atoms with E-state index in [4.69, 9.17) is 4.74 Å². The first-order chi connectivity index (χ1) is 14.2. The lowest BCUT2D eigenvalue weighted by Crippen LogP contribution is -2.12. The molecule has 0 aliphatic rings. The second-order valence-corrected chi connectivity index (χ2v) is 9.38. The van der Waals surface area contributed by atoms with Gasteiger partial charge in [0, 0.05) is 39.4 Å². The monoisotopic (exact) mass is 492 g/mol. The van der Waals surface area contributed by atoms with E-state index in [0.29, 0.717) is 15.9 Å². The first-order valence-electron chi connectivity index (χ1n) is 8.74. The Bertz CT molecular complexity index is 1380. The topological polar surface area (TPSA) is 61.2 Å². The van der Waals surface area contributed by atoms with Gasteiger partial charge < -0.3 is 4.74 Å². The molecule has 0 aliphatic heterocycles. The highest BCUT2D eigenvalue weighted by Crippen LogP contribution is 2.39. The molecule has 30 heavy (non-hydrogen) atoms. The number of pyridine rings is 1. The van der Waals surface area contributed by atoms with E-state index < -0.39 is 21.7 Å². The van der Waals surface area contributed by atoms with Gasteiger partial charge in [0.1, 0.15) is 5.82 Å². The van der Waals surface area contributed by atoms with Crippen molar-refractivity contribution >= 4 is 37.0 Å². The third-order valence-corrected chi connectivity index (χ3v) is 6.76. The van der Waals surface area contributed by atoms with E-state index in [0.717, 1.165) is 15.6 Å². The number of hydrogen-bond acceptors (Lipinski definition) is 4. The lowest BCUT2D eigenvalue weighted by molar-refractivity contribution is 0.386. The van der Waals surface area contributed by atoms with Crippen molar-refractivity contribution in [1.82, 2.24) is 8.96 Å². The van der Waals surface area contributed by atoms with E-state index in [2.05, 4.69) is 20.9 Å². The molecule has 4 aromatic rings. The van der Waals surface area contributed by atoms with Crippen molar-refractivity contribution in [2.75, 3.05) is 7.11 Å². The van der Waals surface area contributed by atoms with Crippen LogP contribution in [0.5, 0.6) is 5.75 Å². The summed E-state index contributed by atoms with van der Waals surface area (Å²) in [7, 11) is -2.75. The number of halogens is 3. The first kappa shape index (κ1) is 20.5. The van der Waals surface area contributed by atoms with Crippen LogP contribution in [0.3, 0.4) is 0 Å². The minimum atomic E-state index is -4.01. The highest BCUT2D eigenvalue weighted by Gasteiger charge is 2.25. The predicted molar refractivity (Wildman–Crippen MR) is 113 cm³/mol. The van der Waals surface area contributed by atoms with Gasteiger partial charge in [-0.05, 0) is 47.1 Å². The molecule has 0 fully saturated rings. The van der Waals surface area contributed by atoms with Crippen LogP contribution < -0.4 is 4.74 Å². The van der Waals surface area contributed by atoms with Crippen molar-refractivity contribution in [2.45, 2.75) is 11.8 Å². The SMILES string of the molecule is COc1c(F)cc(F)cc1-c1cn(S(=O)(=O)c2ccc(C)cc2)c2ncc(Br)cc12. The molecular formula is C21H15BrF2N2O3S. The molecule has 0 N–H and O–H groups in total. The molecule has 0 amide bonds. The fourth-order valence-corrected chi connectivity index (χ4v) is 4.90. The molecule has 2 aromatic carbocycles. The summed E-state index contributed by atoms with van der Waals surface area (Å²) in [6.07, 6.45) is 2.76. The van der Waals surface area contributed by atoms with Gasteiger partial charge in [0.25, 0.3) is 10.0 Å². The summed E-state index contributed by atoms with van der Waals surface area (Å²) in [5.41, 5.74) is 1.39. The number of nitrogens with zero attached hydrogens (tertiary/aromatic N) is 2. The maximum atomic E-state index is 14.3. The smallest absolute Gasteiger partial charge is 0.269 e. The zero-order valence-corrected chi connectivity index (χ0v) is 18.3. The first-order valence-corrected chi connectivity index (χ1v) is 11.0. The zero-order chi connectivity index (χ0) is 21.6. The third-order valence-electron chi connectivity index (χ3n) is 4.66. The van der Waals surface area contributed by atoms with Crippen LogP contribution in [-0.2, 0) is 10.0 Å². The van der Waals surface area contributed by atoms with Crippen LogP contribution >= 0.6 is 15.9 Å². The summed E-state index contributed by atoms with van der Waals surface area (Å²) >= 11 is 3.32. The molecule has 0 saturated heterocycles. The molecule has 154 valence electrons. The van der Waals surface area contributed by atoms with Gasteiger partial charge in [-0.3, -0.25) is 0 Å². The van der Waals surface area contributed by atoms with E-state index in [-0.39, 0.29) is 27.4 Å². The molecule has 0 unspecified atom stereocenters. The Balaban J connectivity index is 2.06. The van der Waals surface area contributed by atoms with E-state index in [9.17, 15) is 17.2 Å². The summed E-state index contributed by atoms with van der Waals surface area (Å²) < 4.78 is 61.6. The lowest BCUT2D eigenvalue weighted by Gasteiger charge is -2.09. The number of aromatic nitrogens is 2. The minimum Gasteiger partial charge on any atom is -0.493 e. The van der Waals surface area contributed by atoms with Gasteiger partial charge in [0.15, 0.2) is 17.2 Å². The van der Waals surface area contributed by atoms with Crippen LogP contribution in [0, 0.1) is 18.6 Å². The van der Waals surface area contributed by atoms with E-state index in [1.54, 1.807) is 18.2 Å². The van der Waals surface area contributed by atoms with Gasteiger partial charge >= 0.3 is 0 Å². The summed E-state index contributed by atoms with van der Waals surface area (Å²) in [6, 6.07) is 9.82. The van der Waals surface area contributed by atoms with Crippen LogP contribution in [0.1, 0.15) is 5.56 Å². The largest absolute Gasteiger partial charge is 0.493 e. The fraction of sp³-hybridized carbons (Fsp3) is 0.0952. The average Bonchev–Trinajstić information content (AvgIpc) is 3.07. The Morgan fingerprint density at radius 3 is 2.43 bits per heavy atom. The minimum absolute atomic E-state index is 0.0682. The number of hydrogen-bond donors (Lipinski definition) is 0. The van der Waals surface area contributed by atoms with Gasteiger partial charge in [-0.2, -0.15) is 0 Å². The van der Waals surface area contributed by atoms with Crippen molar-refractivity contribution in [1.29, 1.82) is 0 Å². The van der Waals surface area contributed by atoms with Gasteiger partial charge in [-0.1, -0.05) is 17.7 Å². The lowest BCUT2D eigenvalue weighted by atomic mass is 10.0. The van der Waals surface area contributed by atoms with Crippen molar-refractivity contribution in [3.63, 3.8) is 0 Å². The van der Waals surface area contributed by atoms with Gasteiger partial charge in [-0.15, -0.1) is 0 Å². The normalized spacial score (nSPS) is 11.8. The van der Waals surface area contributed by atoms with Crippen LogP contribution in [0.2, 0.25) is 0 Å². The maximum absolute atomic E-state index is 14.3. The van der Waals surface area contributed by atoms with Crippen LogP contribution in [-0.4, -0.2) is 24.5 Å². The number of aryl methyl sites for hydroxylation is 1. The standard InChI is InChI=1S/C21H15BrF2N2O3S/c1-12-3-5-15(6-4-12)30(27,28)26-11-18(17-7-13(22)10-25-21(17)26)16-8-14(23)9-19(24)20(16)29-2/h3-11H,1-2H3. The van der Waals surface area contributed by atoms with Crippen molar-refractivity contribution in [2.24, 2.45) is 0 Å². The van der Waals surface area contributed by atoms with Gasteiger partial charge in [0.05, 0.1) is 12.0 Å². The Kier molecular flexibility index (Phi) is 5.11. The van der Waals surface area contributed by atoms with Crippen molar-refractivity contribution < 1.29 is 21.9 Å². The Morgan fingerprint density at radius 1 is 1.07 bits per heavy atom. The van der Waals surface area contributed by atoms with Crippen LogP contribution in [0.15, 0.2) is 64.2 Å². The Labute approximate surface area is 180 Å². The summed E-state index contributed by atoms with van der Waals surface area (Å²) in [5, 5.41) is 0.392. The van der Waals surface area contributed by atoms with E-state index in [1.165, 1.54) is 31.6 Å². The molecule has 2 aromatic heterocycles. The number of rotatable bonds is 4. The molecule has 0 radical (unpaired) electrons. The van der Waals surface area contributed by atoms with E-state index >= 15 is 0 Å².